The Hall–Kier alpha value is -1.99. The second-order valence-corrected chi connectivity index (χ2v) is 7.52. The molecule has 2 heterocycles. The van der Waals surface area contributed by atoms with Gasteiger partial charge in [0, 0.05) is 34.9 Å². The van der Waals surface area contributed by atoms with Gasteiger partial charge >= 0.3 is 0 Å². The number of nitrogens with zero attached hydrogens (tertiary/aromatic N) is 1. The summed E-state index contributed by atoms with van der Waals surface area (Å²) in [5.41, 5.74) is 5.58. The van der Waals surface area contributed by atoms with E-state index in [4.69, 9.17) is 11.6 Å². The second-order valence-electron chi connectivity index (χ2n) is 7.08. The summed E-state index contributed by atoms with van der Waals surface area (Å²) in [4.78, 5) is 0. The third-order valence-electron chi connectivity index (χ3n) is 4.93. The highest BCUT2D eigenvalue weighted by Crippen LogP contribution is 2.50. The molecule has 0 radical (unpaired) electrons. The topological polar surface area (TPSA) is 4.93 Å². The van der Waals surface area contributed by atoms with Crippen LogP contribution in [0.1, 0.15) is 31.0 Å². The average Bonchev–Trinajstić information content (AvgIpc) is 3.04. The third kappa shape index (κ3) is 2.40. The molecule has 3 aromatic rings. The Morgan fingerprint density at radius 2 is 1.65 bits per heavy atom. The minimum absolute atomic E-state index is 0.188. The summed E-state index contributed by atoms with van der Waals surface area (Å²) in [6.45, 7) is 5.75. The number of aromatic nitrogens is 1. The summed E-state index contributed by atoms with van der Waals surface area (Å²) in [7, 11) is 0. The normalized spacial score (nSPS) is 18.8. The van der Waals surface area contributed by atoms with Crippen molar-refractivity contribution in [2.75, 3.05) is 0 Å². The van der Waals surface area contributed by atoms with Crippen molar-refractivity contribution in [1.29, 1.82) is 0 Å². The van der Waals surface area contributed by atoms with E-state index >= 15 is 0 Å². The molecule has 0 saturated heterocycles. The predicted molar refractivity (Wildman–Crippen MR) is 96.9 cm³/mol. The standard InChI is InChI=1S/C21H20ClN/c1-21(2)14-23-13-12-18(15-6-4-3-5-7-15)20(23)19(21)16-8-10-17(22)11-9-16/h3-13,19H,14H2,1-2H3. The van der Waals surface area contributed by atoms with Crippen LogP contribution in [-0.2, 0) is 6.54 Å². The minimum atomic E-state index is 0.188. The van der Waals surface area contributed by atoms with Gasteiger partial charge in [-0.3, -0.25) is 0 Å². The number of fused-ring (bicyclic) bond motifs is 1. The Kier molecular flexibility index (Phi) is 3.35. The monoisotopic (exact) mass is 321 g/mol. The Morgan fingerprint density at radius 1 is 0.957 bits per heavy atom. The molecule has 0 spiro atoms. The smallest absolute Gasteiger partial charge is 0.0406 e. The molecule has 1 aliphatic rings. The van der Waals surface area contributed by atoms with E-state index in [1.54, 1.807) is 0 Å². The Morgan fingerprint density at radius 3 is 2.35 bits per heavy atom. The van der Waals surface area contributed by atoms with Crippen molar-refractivity contribution in [1.82, 2.24) is 4.57 Å². The van der Waals surface area contributed by atoms with Gasteiger partial charge in [0.2, 0.25) is 0 Å². The van der Waals surface area contributed by atoms with Crippen LogP contribution in [0.3, 0.4) is 0 Å². The van der Waals surface area contributed by atoms with E-state index in [0.717, 1.165) is 11.6 Å². The maximum atomic E-state index is 6.09. The molecule has 0 saturated carbocycles. The molecule has 1 nitrogen and oxygen atoms in total. The zero-order valence-electron chi connectivity index (χ0n) is 13.5. The van der Waals surface area contributed by atoms with Gasteiger partial charge in [-0.1, -0.05) is 67.9 Å². The van der Waals surface area contributed by atoms with Gasteiger partial charge in [0.15, 0.2) is 0 Å². The molecular weight excluding hydrogens is 302 g/mol. The lowest BCUT2D eigenvalue weighted by molar-refractivity contribution is 0.322. The number of hydrogen-bond acceptors (Lipinski definition) is 0. The molecule has 1 aliphatic heterocycles. The van der Waals surface area contributed by atoms with Gasteiger partial charge in [-0.2, -0.15) is 0 Å². The molecule has 116 valence electrons. The van der Waals surface area contributed by atoms with Crippen LogP contribution in [-0.4, -0.2) is 4.57 Å². The highest BCUT2D eigenvalue weighted by Gasteiger charge is 2.41. The van der Waals surface area contributed by atoms with Crippen molar-refractivity contribution in [3.63, 3.8) is 0 Å². The highest BCUT2D eigenvalue weighted by molar-refractivity contribution is 6.30. The molecular formula is C21H20ClN. The van der Waals surface area contributed by atoms with Crippen LogP contribution in [0.4, 0.5) is 0 Å². The number of hydrogen-bond donors (Lipinski definition) is 0. The quantitative estimate of drug-likeness (QED) is 0.547. The second kappa shape index (κ2) is 5.28. The van der Waals surface area contributed by atoms with E-state index in [1.807, 2.05) is 12.1 Å². The Labute approximate surface area is 142 Å². The van der Waals surface area contributed by atoms with Gasteiger partial charge in [-0.05, 0) is 34.7 Å². The maximum Gasteiger partial charge on any atom is 0.0406 e. The van der Waals surface area contributed by atoms with Crippen molar-refractivity contribution in [3.05, 3.63) is 83.1 Å². The molecule has 0 bridgehead atoms. The van der Waals surface area contributed by atoms with E-state index in [9.17, 15) is 0 Å². The van der Waals surface area contributed by atoms with Crippen LogP contribution in [0, 0.1) is 5.41 Å². The summed E-state index contributed by atoms with van der Waals surface area (Å²) in [6.07, 6.45) is 2.23. The van der Waals surface area contributed by atoms with Crippen molar-refractivity contribution < 1.29 is 0 Å². The lowest BCUT2D eigenvalue weighted by Gasteiger charge is -2.27. The largest absolute Gasteiger partial charge is 0.350 e. The van der Waals surface area contributed by atoms with E-state index < -0.39 is 0 Å². The molecule has 2 heteroatoms. The van der Waals surface area contributed by atoms with Crippen molar-refractivity contribution in [3.8, 4) is 11.1 Å². The molecule has 0 fully saturated rings. The lowest BCUT2D eigenvalue weighted by atomic mass is 9.74. The summed E-state index contributed by atoms with van der Waals surface area (Å²) in [6, 6.07) is 21.3. The van der Waals surface area contributed by atoms with E-state index in [-0.39, 0.29) is 5.41 Å². The fraction of sp³-hybridized carbons (Fsp3) is 0.238. The molecule has 1 atom stereocenters. The highest BCUT2D eigenvalue weighted by atomic mass is 35.5. The van der Waals surface area contributed by atoms with Crippen molar-refractivity contribution in [2.24, 2.45) is 5.41 Å². The molecule has 23 heavy (non-hydrogen) atoms. The minimum Gasteiger partial charge on any atom is -0.350 e. The summed E-state index contributed by atoms with van der Waals surface area (Å²) in [5.74, 6) is 0.380. The maximum absolute atomic E-state index is 6.09. The van der Waals surface area contributed by atoms with Gasteiger partial charge in [0.05, 0.1) is 0 Å². The van der Waals surface area contributed by atoms with Crippen molar-refractivity contribution >= 4 is 11.6 Å². The van der Waals surface area contributed by atoms with E-state index in [0.29, 0.717) is 5.92 Å². The van der Waals surface area contributed by atoms with Crippen LogP contribution in [0.15, 0.2) is 66.9 Å². The third-order valence-corrected chi connectivity index (χ3v) is 5.18. The van der Waals surface area contributed by atoms with Crippen LogP contribution >= 0.6 is 11.6 Å². The summed E-state index contributed by atoms with van der Waals surface area (Å²) in [5, 5.41) is 0.795. The van der Waals surface area contributed by atoms with Crippen molar-refractivity contribution in [2.45, 2.75) is 26.3 Å². The molecule has 4 rings (SSSR count). The van der Waals surface area contributed by atoms with Gasteiger partial charge in [-0.25, -0.2) is 0 Å². The predicted octanol–water partition coefficient (Wildman–Crippen LogP) is 5.98. The van der Waals surface area contributed by atoms with Crippen LogP contribution < -0.4 is 0 Å². The average molecular weight is 322 g/mol. The SMILES string of the molecule is CC1(C)Cn2ccc(-c3ccccc3)c2C1c1ccc(Cl)cc1. The van der Waals surface area contributed by atoms with Gasteiger partial charge in [0.25, 0.3) is 0 Å². The Balaban J connectivity index is 1.89. The lowest BCUT2D eigenvalue weighted by Crippen LogP contribution is -2.19. The fourth-order valence-electron chi connectivity index (χ4n) is 3.97. The molecule has 2 aromatic carbocycles. The summed E-state index contributed by atoms with van der Waals surface area (Å²) < 4.78 is 2.42. The van der Waals surface area contributed by atoms with Crippen LogP contribution in [0.5, 0.6) is 0 Å². The molecule has 1 aromatic heterocycles. The van der Waals surface area contributed by atoms with E-state index in [1.165, 1.54) is 22.4 Å². The van der Waals surface area contributed by atoms with Gasteiger partial charge < -0.3 is 4.57 Å². The zero-order valence-corrected chi connectivity index (χ0v) is 14.2. The first kappa shape index (κ1) is 14.6. The number of halogens is 1. The summed E-state index contributed by atoms with van der Waals surface area (Å²) >= 11 is 6.09. The van der Waals surface area contributed by atoms with Crippen LogP contribution in [0.25, 0.3) is 11.1 Å². The van der Waals surface area contributed by atoms with E-state index in [2.05, 4.69) is 73.1 Å². The van der Waals surface area contributed by atoms with Crippen LogP contribution in [0.2, 0.25) is 5.02 Å². The first-order valence-corrected chi connectivity index (χ1v) is 8.44. The first-order valence-electron chi connectivity index (χ1n) is 8.06. The fourth-order valence-corrected chi connectivity index (χ4v) is 4.10. The van der Waals surface area contributed by atoms with Gasteiger partial charge in [-0.15, -0.1) is 0 Å². The molecule has 1 unspecified atom stereocenters. The number of rotatable bonds is 2. The zero-order chi connectivity index (χ0) is 16.0. The molecule has 0 aliphatic carbocycles. The molecule has 0 N–H and O–H groups in total. The Bertz CT molecular complexity index is 828. The molecule has 0 amide bonds. The van der Waals surface area contributed by atoms with Gasteiger partial charge in [0.1, 0.15) is 0 Å². The first-order chi connectivity index (χ1) is 11.1. The number of benzene rings is 2.